The van der Waals surface area contributed by atoms with E-state index in [4.69, 9.17) is 18.6 Å². The van der Waals surface area contributed by atoms with Gasteiger partial charge in [-0.05, 0) is 92.7 Å². The van der Waals surface area contributed by atoms with E-state index in [0.717, 1.165) is 37.3 Å². The zero-order valence-electron chi connectivity index (χ0n) is 24.8. The lowest BCUT2D eigenvalue weighted by atomic mass is 9.70. The van der Waals surface area contributed by atoms with Gasteiger partial charge in [-0.15, -0.1) is 0 Å². The average Bonchev–Trinajstić information content (AvgIpc) is 3.44. The van der Waals surface area contributed by atoms with Crippen molar-refractivity contribution < 1.29 is 23.7 Å². The quantitative estimate of drug-likeness (QED) is 0.161. The Morgan fingerprint density at radius 3 is 2.45 bits per heavy atom. The molecular weight excluding hydrogens is 596 g/mol. The lowest BCUT2D eigenvalue weighted by molar-refractivity contribution is 0.00519. The van der Waals surface area contributed by atoms with Crippen molar-refractivity contribution >= 4 is 37.7 Å². The summed E-state index contributed by atoms with van der Waals surface area (Å²) >= 11 is 3.63. The number of pyridine rings is 1. The van der Waals surface area contributed by atoms with E-state index in [0.29, 0.717) is 36.1 Å². The summed E-state index contributed by atoms with van der Waals surface area (Å²) < 4.78 is 24.5. The van der Waals surface area contributed by atoms with E-state index in [-0.39, 0.29) is 6.10 Å². The highest BCUT2D eigenvalue weighted by molar-refractivity contribution is 9.10. The van der Waals surface area contributed by atoms with Crippen molar-refractivity contribution in [3.63, 3.8) is 0 Å². The van der Waals surface area contributed by atoms with Gasteiger partial charge in [0.2, 0.25) is 11.8 Å². The first-order valence-electron chi connectivity index (χ1n) is 14.0. The summed E-state index contributed by atoms with van der Waals surface area (Å²) in [7, 11) is 7.26. The monoisotopic (exact) mass is 632 g/mol. The van der Waals surface area contributed by atoms with E-state index in [2.05, 4.69) is 44.0 Å². The van der Waals surface area contributed by atoms with Gasteiger partial charge < -0.3 is 28.6 Å². The van der Waals surface area contributed by atoms with Gasteiger partial charge in [0.05, 0.1) is 26.6 Å². The van der Waals surface area contributed by atoms with Crippen LogP contribution in [0.5, 0.6) is 17.5 Å². The highest BCUT2D eigenvalue weighted by atomic mass is 79.9. The van der Waals surface area contributed by atoms with Crippen LogP contribution in [0.3, 0.4) is 0 Å². The zero-order valence-corrected chi connectivity index (χ0v) is 26.4. The van der Waals surface area contributed by atoms with Crippen molar-refractivity contribution in [3.8, 4) is 17.5 Å². The number of rotatable bonds is 11. The number of aliphatic hydroxyl groups is 1. The molecule has 2 atom stereocenters. The first-order valence-corrected chi connectivity index (χ1v) is 14.8. The topological polar surface area (TPSA) is 77.2 Å². The molecule has 8 heteroatoms. The summed E-state index contributed by atoms with van der Waals surface area (Å²) in [6.07, 6.45) is 1.98. The first kappa shape index (κ1) is 29.9. The largest absolute Gasteiger partial charge is 0.496 e. The number of hydrogen-bond donors (Lipinski definition) is 1. The molecule has 0 fully saturated rings. The van der Waals surface area contributed by atoms with Gasteiger partial charge in [-0.2, -0.15) is 4.98 Å². The standard InChI is InChI=1S/C34H37BrN2O5/c1-21(2)42-32-20-24(19-31(36-32)40-6)33(27-17-23-16-25(35)11-10-22(23)18-30(27)39-5)34(38,13-14-37(3)4)28-8-7-9-29-26(28)12-15-41-29/h7-12,15-21,33,38H,13-14H2,1-6H3/t33-,34-/m1/s1. The van der Waals surface area contributed by atoms with Crippen LogP contribution in [0, 0.1) is 0 Å². The van der Waals surface area contributed by atoms with Gasteiger partial charge in [0, 0.05) is 40.0 Å². The number of ether oxygens (including phenoxy) is 3. The fourth-order valence-corrected chi connectivity index (χ4v) is 6.03. The number of benzene rings is 3. The molecule has 0 spiro atoms. The van der Waals surface area contributed by atoms with Crippen LogP contribution in [0.15, 0.2) is 81.9 Å². The summed E-state index contributed by atoms with van der Waals surface area (Å²) in [6, 6.07) is 21.8. The number of fused-ring (bicyclic) bond motifs is 2. The van der Waals surface area contributed by atoms with E-state index in [9.17, 15) is 5.11 Å². The van der Waals surface area contributed by atoms with Crippen LogP contribution >= 0.6 is 15.9 Å². The molecule has 42 heavy (non-hydrogen) atoms. The fourth-order valence-electron chi connectivity index (χ4n) is 5.65. The third-order valence-electron chi connectivity index (χ3n) is 7.54. The van der Waals surface area contributed by atoms with Crippen LogP contribution in [-0.4, -0.2) is 56.0 Å². The molecule has 5 aromatic rings. The molecule has 0 saturated heterocycles. The SMILES string of the molecule is COc1cc([C@H](c2cc3cc(Br)ccc3cc2OC)[C@@](O)(CCN(C)C)c2cccc3occc23)cc(OC(C)C)n1. The third kappa shape index (κ3) is 5.98. The van der Waals surface area contributed by atoms with Crippen molar-refractivity contribution in [2.45, 2.75) is 37.9 Å². The number of halogens is 1. The smallest absolute Gasteiger partial charge is 0.217 e. The van der Waals surface area contributed by atoms with Gasteiger partial charge in [-0.25, -0.2) is 0 Å². The lowest BCUT2D eigenvalue weighted by Crippen LogP contribution is -2.38. The summed E-state index contributed by atoms with van der Waals surface area (Å²) in [5.41, 5.74) is 1.67. The Labute approximate surface area is 255 Å². The third-order valence-corrected chi connectivity index (χ3v) is 8.03. The summed E-state index contributed by atoms with van der Waals surface area (Å²) in [4.78, 5) is 6.63. The Morgan fingerprint density at radius 2 is 1.74 bits per heavy atom. The second-order valence-electron chi connectivity index (χ2n) is 11.1. The lowest BCUT2D eigenvalue weighted by Gasteiger charge is -2.39. The maximum absolute atomic E-state index is 13.3. The molecular formula is C34H37BrN2O5. The zero-order chi connectivity index (χ0) is 30.0. The highest BCUT2D eigenvalue weighted by Gasteiger charge is 2.43. The highest BCUT2D eigenvalue weighted by Crippen LogP contribution is 2.50. The summed E-state index contributed by atoms with van der Waals surface area (Å²) in [5, 5.41) is 16.2. The van der Waals surface area contributed by atoms with Crippen LogP contribution in [0.1, 0.15) is 42.9 Å². The van der Waals surface area contributed by atoms with Gasteiger partial charge in [-0.3, -0.25) is 0 Å². The first-order chi connectivity index (χ1) is 20.1. The van der Waals surface area contributed by atoms with Crippen LogP contribution in [0.4, 0.5) is 0 Å². The molecule has 0 unspecified atom stereocenters. The van der Waals surface area contributed by atoms with Crippen LogP contribution in [0.2, 0.25) is 0 Å². The Kier molecular flexibility index (Phi) is 8.78. The van der Waals surface area contributed by atoms with E-state index >= 15 is 0 Å². The maximum atomic E-state index is 13.3. The van der Waals surface area contributed by atoms with Crippen molar-refractivity contribution in [3.05, 3.63) is 94.2 Å². The van der Waals surface area contributed by atoms with Crippen molar-refractivity contribution in [2.24, 2.45) is 0 Å². The van der Waals surface area contributed by atoms with E-state index in [1.807, 2.05) is 76.5 Å². The summed E-state index contributed by atoms with van der Waals surface area (Å²) in [5.74, 6) is 0.873. The molecule has 0 aliphatic heterocycles. The Morgan fingerprint density at radius 1 is 0.952 bits per heavy atom. The van der Waals surface area contributed by atoms with E-state index < -0.39 is 11.5 Å². The molecule has 5 rings (SSSR count). The Bertz CT molecular complexity index is 1700. The molecule has 2 heterocycles. The maximum Gasteiger partial charge on any atom is 0.217 e. The Balaban J connectivity index is 1.87. The minimum Gasteiger partial charge on any atom is -0.496 e. The summed E-state index contributed by atoms with van der Waals surface area (Å²) in [6.45, 7) is 4.53. The number of methoxy groups -OCH3 is 2. The molecule has 0 saturated carbocycles. The molecule has 0 radical (unpaired) electrons. The molecule has 3 aromatic carbocycles. The molecule has 1 N–H and O–H groups in total. The van der Waals surface area contributed by atoms with Gasteiger partial charge in [-0.1, -0.05) is 34.1 Å². The second kappa shape index (κ2) is 12.3. The predicted octanol–water partition coefficient (Wildman–Crippen LogP) is 7.52. The van der Waals surface area contributed by atoms with Crippen LogP contribution < -0.4 is 14.2 Å². The van der Waals surface area contributed by atoms with Crippen molar-refractivity contribution in [1.82, 2.24) is 9.88 Å². The molecule has 0 bridgehead atoms. The van der Waals surface area contributed by atoms with E-state index in [1.54, 1.807) is 20.5 Å². The van der Waals surface area contributed by atoms with E-state index in [1.165, 1.54) is 0 Å². The average molecular weight is 634 g/mol. The number of aromatic nitrogens is 1. The van der Waals surface area contributed by atoms with Gasteiger partial charge >= 0.3 is 0 Å². The minimum absolute atomic E-state index is 0.101. The molecule has 0 aliphatic rings. The Hall–Kier alpha value is -3.59. The van der Waals surface area contributed by atoms with Crippen LogP contribution in [0.25, 0.3) is 21.7 Å². The molecule has 2 aromatic heterocycles. The number of furan rings is 1. The molecule has 220 valence electrons. The van der Waals surface area contributed by atoms with Crippen molar-refractivity contribution in [1.29, 1.82) is 0 Å². The number of hydrogen-bond acceptors (Lipinski definition) is 7. The minimum atomic E-state index is -1.41. The van der Waals surface area contributed by atoms with Gasteiger partial charge in [0.25, 0.3) is 0 Å². The predicted molar refractivity (Wildman–Crippen MR) is 170 cm³/mol. The normalized spacial score (nSPS) is 14.0. The molecule has 0 aliphatic carbocycles. The number of nitrogens with zero attached hydrogens (tertiary/aromatic N) is 2. The van der Waals surface area contributed by atoms with Crippen LogP contribution in [-0.2, 0) is 5.60 Å². The second-order valence-corrected chi connectivity index (χ2v) is 12.0. The van der Waals surface area contributed by atoms with Gasteiger partial charge in [0.1, 0.15) is 16.9 Å². The van der Waals surface area contributed by atoms with Gasteiger partial charge in [0.15, 0.2) is 0 Å². The molecule has 0 amide bonds. The molecule has 7 nitrogen and oxygen atoms in total. The van der Waals surface area contributed by atoms with Crippen molar-refractivity contribution in [2.75, 3.05) is 34.9 Å². The fraction of sp³-hybridized carbons (Fsp3) is 0.324.